The Bertz CT molecular complexity index is 288. The van der Waals surface area contributed by atoms with Crippen LogP contribution < -0.4 is 4.90 Å². The number of hydrogen-bond donors (Lipinski definition) is 0. The van der Waals surface area contributed by atoms with Gasteiger partial charge in [0.25, 0.3) is 0 Å². The Morgan fingerprint density at radius 2 is 2.14 bits per heavy atom. The van der Waals surface area contributed by atoms with Gasteiger partial charge in [0.2, 0.25) is 0 Å². The highest BCUT2D eigenvalue weighted by atomic mass is 35.5. The minimum atomic E-state index is 0.413. The van der Waals surface area contributed by atoms with Gasteiger partial charge in [-0.2, -0.15) is 0 Å². The lowest BCUT2D eigenvalue weighted by atomic mass is 10.2. The minimum Gasteiger partial charge on any atom is -0.358 e. The van der Waals surface area contributed by atoms with Crippen molar-refractivity contribution in [1.29, 1.82) is 0 Å². The van der Waals surface area contributed by atoms with Gasteiger partial charge in [-0.05, 0) is 5.92 Å². The Kier molecular flexibility index (Phi) is 4.14. The normalized spacial score (nSPS) is 10.6. The van der Waals surface area contributed by atoms with E-state index in [-0.39, 0.29) is 0 Å². The third-order valence-corrected chi connectivity index (χ3v) is 2.11. The van der Waals surface area contributed by atoms with Crippen LogP contribution >= 0.6 is 11.6 Å². The van der Waals surface area contributed by atoms with E-state index in [0.29, 0.717) is 11.8 Å². The maximum Gasteiger partial charge on any atom is 0.147 e. The van der Waals surface area contributed by atoms with Crippen LogP contribution in [0.4, 0.5) is 5.82 Å². The van der Waals surface area contributed by atoms with Crippen molar-refractivity contribution in [3.63, 3.8) is 0 Å². The van der Waals surface area contributed by atoms with Gasteiger partial charge in [0.15, 0.2) is 0 Å². The predicted molar refractivity (Wildman–Crippen MR) is 59.7 cm³/mol. The van der Waals surface area contributed by atoms with Crippen LogP contribution in [0.2, 0.25) is 0 Å². The molecule has 0 amide bonds. The molecule has 1 rings (SSSR count). The van der Waals surface area contributed by atoms with Gasteiger partial charge >= 0.3 is 0 Å². The van der Waals surface area contributed by atoms with E-state index in [2.05, 4.69) is 28.7 Å². The van der Waals surface area contributed by atoms with Crippen LogP contribution in [0, 0.1) is 5.92 Å². The summed E-state index contributed by atoms with van der Waals surface area (Å²) in [6.45, 7) is 5.32. The van der Waals surface area contributed by atoms with E-state index < -0.39 is 0 Å². The van der Waals surface area contributed by atoms with Crippen LogP contribution in [-0.2, 0) is 5.88 Å². The lowest BCUT2D eigenvalue weighted by Gasteiger charge is -2.20. The fourth-order valence-electron chi connectivity index (χ4n) is 1.28. The number of hydrogen-bond acceptors (Lipinski definition) is 3. The Morgan fingerprint density at radius 3 is 2.71 bits per heavy atom. The lowest BCUT2D eigenvalue weighted by Crippen LogP contribution is -2.23. The number of aromatic nitrogens is 2. The van der Waals surface area contributed by atoms with Crippen LogP contribution in [-0.4, -0.2) is 23.6 Å². The predicted octanol–water partition coefficient (Wildman–Crippen LogP) is 2.31. The van der Waals surface area contributed by atoms with Gasteiger partial charge in [-0.1, -0.05) is 13.8 Å². The molecule has 1 heterocycles. The van der Waals surface area contributed by atoms with Gasteiger partial charge in [0.1, 0.15) is 5.82 Å². The van der Waals surface area contributed by atoms with Crippen molar-refractivity contribution in [2.75, 3.05) is 18.5 Å². The van der Waals surface area contributed by atoms with Gasteiger partial charge in [-0.15, -0.1) is 11.6 Å². The third kappa shape index (κ3) is 3.14. The van der Waals surface area contributed by atoms with E-state index in [4.69, 9.17) is 11.6 Å². The molecule has 4 heteroatoms. The molecule has 0 fully saturated rings. The second kappa shape index (κ2) is 5.15. The molecule has 0 saturated heterocycles. The van der Waals surface area contributed by atoms with Gasteiger partial charge in [0.05, 0.1) is 17.8 Å². The summed E-state index contributed by atoms with van der Waals surface area (Å²) in [5, 5.41) is 0. The quantitative estimate of drug-likeness (QED) is 0.719. The van der Waals surface area contributed by atoms with E-state index in [1.165, 1.54) is 0 Å². The summed E-state index contributed by atoms with van der Waals surface area (Å²) >= 11 is 5.69. The summed E-state index contributed by atoms with van der Waals surface area (Å²) in [6, 6.07) is 0. The van der Waals surface area contributed by atoms with Crippen molar-refractivity contribution in [3.8, 4) is 0 Å². The molecular weight excluding hydrogens is 198 g/mol. The average Bonchev–Trinajstić information content (AvgIpc) is 2.17. The molecule has 0 spiro atoms. The molecular formula is C10H16ClN3. The van der Waals surface area contributed by atoms with Crippen LogP contribution in [0.1, 0.15) is 19.5 Å². The zero-order valence-corrected chi connectivity index (χ0v) is 9.62. The molecule has 0 aromatic carbocycles. The van der Waals surface area contributed by atoms with E-state index in [1.54, 1.807) is 12.4 Å². The summed E-state index contributed by atoms with van der Waals surface area (Å²) in [6.07, 6.45) is 3.46. The average molecular weight is 214 g/mol. The summed E-state index contributed by atoms with van der Waals surface area (Å²) in [5.74, 6) is 1.91. The molecule has 0 aliphatic heterocycles. The molecule has 0 saturated carbocycles. The minimum absolute atomic E-state index is 0.413. The van der Waals surface area contributed by atoms with Gasteiger partial charge in [-0.3, -0.25) is 4.98 Å². The summed E-state index contributed by atoms with van der Waals surface area (Å²) in [4.78, 5) is 10.6. The first-order valence-electron chi connectivity index (χ1n) is 4.71. The molecule has 0 aliphatic carbocycles. The number of rotatable bonds is 4. The molecule has 14 heavy (non-hydrogen) atoms. The molecule has 78 valence electrons. The molecule has 0 N–H and O–H groups in total. The maximum absolute atomic E-state index is 5.69. The van der Waals surface area contributed by atoms with Crippen molar-refractivity contribution >= 4 is 17.4 Å². The molecule has 0 radical (unpaired) electrons. The van der Waals surface area contributed by atoms with Crippen LogP contribution in [0.25, 0.3) is 0 Å². The van der Waals surface area contributed by atoms with Crippen molar-refractivity contribution in [2.45, 2.75) is 19.7 Å². The number of halogens is 1. The van der Waals surface area contributed by atoms with Crippen LogP contribution in [0.15, 0.2) is 12.4 Å². The van der Waals surface area contributed by atoms with Crippen LogP contribution in [0.5, 0.6) is 0 Å². The Morgan fingerprint density at radius 1 is 1.43 bits per heavy atom. The van der Waals surface area contributed by atoms with Crippen molar-refractivity contribution in [1.82, 2.24) is 9.97 Å². The SMILES string of the molecule is CC(C)CN(C)c1cncc(CCl)n1. The Labute approximate surface area is 90.1 Å². The smallest absolute Gasteiger partial charge is 0.147 e. The number of alkyl halides is 1. The highest BCUT2D eigenvalue weighted by Gasteiger charge is 2.05. The van der Waals surface area contributed by atoms with Crippen LogP contribution in [0.3, 0.4) is 0 Å². The summed E-state index contributed by atoms with van der Waals surface area (Å²) in [7, 11) is 2.02. The zero-order chi connectivity index (χ0) is 10.6. The first kappa shape index (κ1) is 11.2. The monoisotopic (exact) mass is 213 g/mol. The third-order valence-electron chi connectivity index (χ3n) is 1.84. The standard InChI is InChI=1S/C10H16ClN3/c1-8(2)7-14(3)10-6-12-5-9(4-11)13-10/h5-6,8H,4,7H2,1-3H3. The Balaban J connectivity index is 2.73. The lowest BCUT2D eigenvalue weighted by molar-refractivity contribution is 0.633. The molecule has 0 bridgehead atoms. The fourth-order valence-corrected chi connectivity index (χ4v) is 1.41. The molecule has 1 aromatic rings. The van der Waals surface area contributed by atoms with Crippen molar-refractivity contribution in [2.24, 2.45) is 5.92 Å². The van der Waals surface area contributed by atoms with Crippen molar-refractivity contribution in [3.05, 3.63) is 18.1 Å². The van der Waals surface area contributed by atoms with Gasteiger partial charge < -0.3 is 4.90 Å². The Hall–Kier alpha value is -0.830. The molecule has 0 aliphatic rings. The molecule has 1 aromatic heterocycles. The van der Waals surface area contributed by atoms with E-state index in [1.807, 2.05) is 7.05 Å². The van der Waals surface area contributed by atoms with E-state index in [0.717, 1.165) is 18.1 Å². The number of nitrogens with zero attached hydrogens (tertiary/aromatic N) is 3. The van der Waals surface area contributed by atoms with Gasteiger partial charge in [0, 0.05) is 19.8 Å². The second-order valence-electron chi connectivity index (χ2n) is 3.78. The summed E-state index contributed by atoms with van der Waals surface area (Å²) < 4.78 is 0. The number of anilines is 1. The van der Waals surface area contributed by atoms with E-state index in [9.17, 15) is 0 Å². The highest BCUT2D eigenvalue weighted by molar-refractivity contribution is 6.16. The zero-order valence-electron chi connectivity index (χ0n) is 8.87. The second-order valence-corrected chi connectivity index (χ2v) is 4.04. The molecule has 3 nitrogen and oxygen atoms in total. The fraction of sp³-hybridized carbons (Fsp3) is 0.600. The van der Waals surface area contributed by atoms with E-state index >= 15 is 0 Å². The first-order valence-corrected chi connectivity index (χ1v) is 5.25. The first-order chi connectivity index (χ1) is 6.63. The highest BCUT2D eigenvalue weighted by Crippen LogP contribution is 2.10. The maximum atomic E-state index is 5.69. The summed E-state index contributed by atoms with van der Waals surface area (Å²) in [5.41, 5.74) is 0.819. The molecule has 0 atom stereocenters. The van der Waals surface area contributed by atoms with Gasteiger partial charge in [-0.25, -0.2) is 4.98 Å². The van der Waals surface area contributed by atoms with Crippen molar-refractivity contribution < 1.29 is 0 Å². The topological polar surface area (TPSA) is 29.0 Å². The molecule has 0 unspecified atom stereocenters. The largest absolute Gasteiger partial charge is 0.358 e.